The predicted molar refractivity (Wildman–Crippen MR) is 83.6 cm³/mol. The molecule has 0 atom stereocenters. The van der Waals surface area contributed by atoms with Crippen LogP contribution in [0.5, 0.6) is 0 Å². The second-order valence-corrected chi connectivity index (χ2v) is 7.01. The van der Waals surface area contributed by atoms with E-state index in [0.717, 1.165) is 37.3 Å². The third kappa shape index (κ3) is 2.68. The Labute approximate surface area is 127 Å². The monoisotopic (exact) mass is 354 g/mol. The number of hydrogen-bond acceptors (Lipinski definition) is 5. The van der Waals surface area contributed by atoms with Gasteiger partial charge in [0.1, 0.15) is 5.01 Å². The van der Waals surface area contributed by atoms with E-state index in [9.17, 15) is 0 Å². The molecule has 0 aliphatic rings. The van der Waals surface area contributed by atoms with E-state index in [1.54, 1.807) is 11.3 Å². The molecule has 1 aromatic carbocycles. The topological polar surface area (TPSA) is 43.1 Å². The smallest absolute Gasteiger partial charge is 0.186 e. The molecule has 2 heterocycles. The quantitative estimate of drug-likeness (QED) is 0.713. The van der Waals surface area contributed by atoms with Crippen LogP contribution in [0.4, 0.5) is 0 Å². The van der Waals surface area contributed by atoms with Crippen molar-refractivity contribution in [3.63, 3.8) is 0 Å². The van der Waals surface area contributed by atoms with Crippen molar-refractivity contribution >= 4 is 44.0 Å². The van der Waals surface area contributed by atoms with E-state index in [1.165, 1.54) is 0 Å². The van der Waals surface area contributed by atoms with Gasteiger partial charge in [-0.1, -0.05) is 46.3 Å². The Kier molecular flexibility index (Phi) is 3.86. The van der Waals surface area contributed by atoms with E-state index in [2.05, 4.69) is 50.3 Å². The summed E-state index contributed by atoms with van der Waals surface area (Å²) in [6, 6.07) is 8.13. The highest BCUT2D eigenvalue weighted by Crippen LogP contribution is 2.27. The maximum absolute atomic E-state index is 4.61. The lowest BCUT2D eigenvalue weighted by Gasteiger charge is -1.96. The minimum absolute atomic E-state index is 0.847. The summed E-state index contributed by atoms with van der Waals surface area (Å²) >= 11 is 6.86. The van der Waals surface area contributed by atoms with E-state index in [1.807, 2.05) is 28.4 Å². The molecule has 0 unspecified atom stereocenters. The van der Waals surface area contributed by atoms with E-state index < -0.39 is 0 Å². The van der Waals surface area contributed by atoms with E-state index in [-0.39, 0.29) is 0 Å². The molecule has 2 aromatic heterocycles. The first kappa shape index (κ1) is 13.1. The van der Waals surface area contributed by atoms with Gasteiger partial charge in [0, 0.05) is 10.0 Å². The van der Waals surface area contributed by atoms with Crippen molar-refractivity contribution < 1.29 is 0 Å². The first-order chi connectivity index (χ1) is 9.28. The molecule has 0 saturated heterocycles. The average molecular weight is 355 g/mol. The molecule has 0 aliphatic carbocycles. The first-order valence-corrected chi connectivity index (χ1v) is 8.59. The number of halogens is 1. The Bertz CT molecular complexity index is 707. The van der Waals surface area contributed by atoms with Crippen LogP contribution in [0.3, 0.4) is 0 Å². The number of benzene rings is 1. The number of nitrogens with zero attached hydrogens (tertiary/aromatic N) is 4. The van der Waals surface area contributed by atoms with Crippen molar-refractivity contribution in [3.8, 4) is 10.6 Å². The highest BCUT2D eigenvalue weighted by atomic mass is 79.9. The van der Waals surface area contributed by atoms with Crippen LogP contribution < -0.4 is 0 Å². The molecule has 0 aliphatic heterocycles. The number of hydrogen-bond donors (Lipinski definition) is 0. The molecular formula is C12H11BrN4S2. The second-order valence-electron chi connectivity index (χ2n) is 3.87. The van der Waals surface area contributed by atoms with Gasteiger partial charge in [-0.25, -0.2) is 0 Å². The van der Waals surface area contributed by atoms with Gasteiger partial charge in [-0.2, -0.15) is 21.4 Å². The van der Waals surface area contributed by atoms with Crippen LogP contribution >= 0.6 is 39.0 Å². The Balaban J connectivity index is 2.00. The van der Waals surface area contributed by atoms with Crippen LogP contribution in [0.25, 0.3) is 15.5 Å². The molecular weight excluding hydrogens is 344 g/mol. The molecule has 3 aromatic rings. The minimum Gasteiger partial charge on any atom is -0.186 e. The van der Waals surface area contributed by atoms with Crippen LogP contribution in [-0.2, 0) is 5.75 Å². The number of fused-ring (bicyclic) bond motifs is 1. The van der Waals surface area contributed by atoms with Gasteiger partial charge in [0.25, 0.3) is 0 Å². The molecule has 7 heteroatoms. The van der Waals surface area contributed by atoms with Crippen molar-refractivity contribution in [2.45, 2.75) is 12.7 Å². The van der Waals surface area contributed by atoms with Crippen LogP contribution in [-0.4, -0.2) is 25.6 Å². The Morgan fingerprint density at radius 1 is 1.37 bits per heavy atom. The van der Waals surface area contributed by atoms with Gasteiger partial charge in [0.15, 0.2) is 5.82 Å². The summed E-state index contributed by atoms with van der Waals surface area (Å²) in [6.07, 6.45) is 0. The van der Waals surface area contributed by atoms with Gasteiger partial charge in [-0.05, 0) is 17.9 Å². The molecule has 98 valence electrons. The Hall–Kier alpha value is -0.920. The van der Waals surface area contributed by atoms with Crippen molar-refractivity contribution in [2.24, 2.45) is 0 Å². The Morgan fingerprint density at radius 3 is 3.05 bits per heavy atom. The van der Waals surface area contributed by atoms with Gasteiger partial charge in [0.05, 0.1) is 5.75 Å². The lowest BCUT2D eigenvalue weighted by Crippen LogP contribution is -1.94. The zero-order chi connectivity index (χ0) is 13.2. The fraction of sp³-hybridized carbons (Fsp3) is 0.250. The fourth-order valence-electron chi connectivity index (χ4n) is 1.68. The summed E-state index contributed by atoms with van der Waals surface area (Å²) in [5.74, 6) is 2.83. The highest BCUT2D eigenvalue weighted by molar-refractivity contribution is 9.10. The summed E-state index contributed by atoms with van der Waals surface area (Å²) in [4.78, 5) is 0.849. The minimum atomic E-state index is 0.847. The van der Waals surface area contributed by atoms with Crippen LogP contribution in [0.2, 0.25) is 0 Å². The molecule has 0 spiro atoms. The zero-order valence-corrected chi connectivity index (χ0v) is 13.4. The lowest BCUT2D eigenvalue weighted by molar-refractivity contribution is 0.887. The molecule has 3 rings (SSSR count). The Morgan fingerprint density at radius 2 is 2.26 bits per heavy atom. The molecule has 0 saturated carbocycles. The van der Waals surface area contributed by atoms with Crippen molar-refractivity contribution in [1.82, 2.24) is 19.8 Å². The maximum atomic E-state index is 4.61. The number of rotatable bonds is 4. The third-order valence-electron chi connectivity index (χ3n) is 2.56. The van der Waals surface area contributed by atoms with Crippen LogP contribution in [0, 0.1) is 0 Å². The van der Waals surface area contributed by atoms with Gasteiger partial charge < -0.3 is 0 Å². The largest absolute Gasteiger partial charge is 0.235 e. The van der Waals surface area contributed by atoms with Gasteiger partial charge in [-0.15, -0.1) is 10.2 Å². The van der Waals surface area contributed by atoms with Crippen LogP contribution in [0.1, 0.15) is 12.7 Å². The van der Waals surface area contributed by atoms with E-state index in [0.29, 0.717) is 0 Å². The number of aromatic nitrogens is 4. The fourth-order valence-corrected chi connectivity index (χ4v) is 3.50. The summed E-state index contributed by atoms with van der Waals surface area (Å²) in [5.41, 5.74) is 1.10. The SMILES string of the molecule is CCSCc1nnc2sc(-c3cccc(Br)c3)nn12. The van der Waals surface area contributed by atoms with Crippen molar-refractivity contribution in [1.29, 1.82) is 0 Å². The average Bonchev–Trinajstić information content (AvgIpc) is 2.97. The molecule has 0 N–H and O–H groups in total. The maximum Gasteiger partial charge on any atom is 0.235 e. The van der Waals surface area contributed by atoms with Crippen molar-refractivity contribution in [2.75, 3.05) is 5.75 Å². The summed E-state index contributed by atoms with van der Waals surface area (Å²) < 4.78 is 2.90. The summed E-state index contributed by atoms with van der Waals surface area (Å²) in [5, 5.41) is 13.9. The molecule has 19 heavy (non-hydrogen) atoms. The predicted octanol–water partition coefficient (Wildman–Crippen LogP) is 3.87. The van der Waals surface area contributed by atoms with E-state index in [4.69, 9.17) is 0 Å². The molecule has 0 amide bonds. The van der Waals surface area contributed by atoms with Gasteiger partial charge in [-0.3, -0.25) is 0 Å². The van der Waals surface area contributed by atoms with E-state index >= 15 is 0 Å². The standard InChI is InChI=1S/C12H11BrN4S2/c1-2-18-7-10-14-15-12-17(10)16-11(19-12)8-4-3-5-9(13)6-8/h3-6H,2,7H2,1H3. The lowest BCUT2D eigenvalue weighted by atomic mass is 10.2. The molecule has 0 fully saturated rings. The first-order valence-electron chi connectivity index (χ1n) is 5.82. The zero-order valence-electron chi connectivity index (χ0n) is 10.2. The van der Waals surface area contributed by atoms with Crippen LogP contribution in [0.15, 0.2) is 28.7 Å². The normalized spacial score (nSPS) is 11.3. The summed E-state index contributed by atoms with van der Waals surface area (Å²) in [7, 11) is 0. The highest BCUT2D eigenvalue weighted by Gasteiger charge is 2.12. The van der Waals surface area contributed by atoms with Gasteiger partial charge >= 0.3 is 0 Å². The molecule has 0 bridgehead atoms. The third-order valence-corrected chi connectivity index (χ3v) is 4.87. The second kappa shape index (κ2) is 5.60. The number of thioether (sulfide) groups is 1. The molecule has 0 radical (unpaired) electrons. The molecule has 4 nitrogen and oxygen atoms in total. The summed E-state index contributed by atoms with van der Waals surface area (Å²) in [6.45, 7) is 2.14. The van der Waals surface area contributed by atoms with Gasteiger partial charge in [0.2, 0.25) is 4.96 Å². The van der Waals surface area contributed by atoms with Crippen molar-refractivity contribution in [3.05, 3.63) is 34.6 Å².